The van der Waals surface area contributed by atoms with E-state index < -0.39 is 17.8 Å². The second kappa shape index (κ2) is 5.26. The molecule has 1 heterocycles. The van der Waals surface area contributed by atoms with Crippen LogP contribution in [-0.4, -0.2) is 27.2 Å². The highest BCUT2D eigenvalue weighted by atomic mass is 19.1. The topological polar surface area (TPSA) is 79.9 Å². The Balaban J connectivity index is 1.95. The zero-order chi connectivity index (χ0) is 13.0. The second-order valence-corrected chi connectivity index (χ2v) is 3.54. The molecule has 2 rings (SSSR count). The number of amides is 1. The van der Waals surface area contributed by atoms with Gasteiger partial charge in [-0.15, -0.1) is 0 Å². The first-order valence-corrected chi connectivity index (χ1v) is 5.23. The zero-order valence-electron chi connectivity index (χ0n) is 9.55. The Bertz CT molecular complexity index is 530. The molecule has 2 N–H and O–H groups in total. The van der Waals surface area contributed by atoms with Gasteiger partial charge in [0.05, 0.1) is 0 Å². The molecule has 0 bridgehead atoms. The average molecular weight is 250 g/mol. The smallest absolute Gasteiger partial charge is 0.267 e. The highest BCUT2D eigenvalue weighted by Gasteiger charge is 2.15. The molecule has 0 spiro atoms. The van der Waals surface area contributed by atoms with E-state index in [1.807, 2.05) is 0 Å². The third kappa shape index (κ3) is 3.03. The molecule has 1 aromatic carbocycles. The number of H-pyrrole nitrogens is 1. The Morgan fingerprint density at radius 3 is 3.06 bits per heavy atom. The van der Waals surface area contributed by atoms with Crippen LogP contribution < -0.4 is 10.1 Å². The van der Waals surface area contributed by atoms with Crippen molar-refractivity contribution < 1.29 is 13.9 Å². The summed E-state index contributed by atoms with van der Waals surface area (Å²) in [6.45, 7) is 1.55. The van der Waals surface area contributed by atoms with Gasteiger partial charge in [0, 0.05) is 6.07 Å². The predicted octanol–water partition coefficient (Wildman–Crippen LogP) is 1.35. The maximum atomic E-state index is 12.9. The predicted molar refractivity (Wildman–Crippen MR) is 61.5 cm³/mol. The molecule has 0 saturated carbocycles. The number of nitrogens with zero attached hydrogens (tertiary/aromatic N) is 2. The summed E-state index contributed by atoms with van der Waals surface area (Å²) in [6.07, 6.45) is 0.491. The average Bonchev–Trinajstić information content (AvgIpc) is 2.81. The van der Waals surface area contributed by atoms with Crippen LogP contribution in [0.15, 0.2) is 30.6 Å². The van der Waals surface area contributed by atoms with Crippen LogP contribution in [0.4, 0.5) is 10.3 Å². The molecule has 1 amide bonds. The van der Waals surface area contributed by atoms with Crippen molar-refractivity contribution in [3.63, 3.8) is 0 Å². The Morgan fingerprint density at radius 2 is 2.39 bits per heavy atom. The van der Waals surface area contributed by atoms with Gasteiger partial charge in [0.1, 0.15) is 17.9 Å². The van der Waals surface area contributed by atoms with E-state index in [-0.39, 0.29) is 11.7 Å². The molecular weight excluding hydrogens is 239 g/mol. The number of nitrogens with one attached hydrogen (secondary N) is 2. The Kier molecular flexibility index (Phi) is 3.52. The summed E-state index contributed by atoms with van der Waals surface area (Å²) >= 11 is 0. The van der Waals surface area contributed by atoms with Gasteiger partial charge in [0.15, 0.2) is 6.10 Å². The van der Waals surface area contributed by atoms with Crippen LogP contribution in [0.3, 0.4) is 0 Å². The fraction of sp³-hybridized carbons (Fsp3) is 0.182. The van der Waals surface area contributed by atoms with Gasteiger partial charge in [-0.25, -0.2) is 9.49 Å². The number of hydrogen-bond acceptors (Lipinski definition) is 4. The lowest BCUT2D eigenvalue weighted by atomic mass is 10.3. The van der Waals surface area contributed by atoms with Crippen LogP contribution in [0.5, 0.6) is 5.75 Å². The molecule has 6 nitrogen and oxygen atoms in total. The van der Waals surface area contributed by atoms with Crippen LogP contribution in [0.1, 0.15) is 6.92 Å². The molecule has 94 valence electrons. The molecule has 0 unspecified atom stereocenters. The molecule has 0 saturated heterocycles. The first kappa shape index (κ1) is 12.0. The van der Waals surface area contributed by atoms with E-state index in [9.17, 15) is 9.18 Å². The number of hydrogen-bond donors (Lipinski definition) is 2. The molecular formula is C11H11FN4O2. The van der Waals surface area contributed by atoms with Gasteiger partial charge in [0.2, 0.25) is 5.95 Å². The SMILES string of the molecule is C[C@H](Oc1cccc(F)c1)C(=O)Nc1ncn[nH]1. The van der Waals surface area contributed by atoms with Crippen molar-refractivity contribution in [3.8, 4) is 5.75 Å². The fourth-order valence-corrected chi connectivity index (χ4v) is 1.28. The number of halogens is 1. The number of carbonyl (C=O) groups is 1. The van der Waals surface area contributed by atoms with Gasteiger partial charge in [-0.3, -0.25) is 10.1 Å². The van der Waals surface area contributed by atoms with E-state index in [1.165, 1.54) is 24.5 Å². The molecule has 2 aromatic rings. The molecule has 0 aliphatic rings. The van der Waals surface area contributed by atoms with Gasteiger partial charge in [-0.05, 0) is 19.1 Å². The van der Waals surface area contributed by atoms with Gasteiger partial charge >= 0.3 is 0 Å². The van der Waals surface area contributed by atoms with E-state index in [4.69, 9.17) is 4.74 Å². The van der Waals surface area contributed by atoms with Crippen molar-refractivity contribution >= 4 is 11.9 Å². The normalized spacial score (nSPS) is 11.9. The summed E-state index contributed by atoms with van der Waals surface area (Å²) in [5.41, 5.74) is 0. The van der Waals surface area contributed by atoms with Crippen LogP contribution >= 0.6 is 0 Å². The summed E-state index contributed by atoms with van der Waals surface area (Å²) in [7, 11) is 0. The van der Waals surface area contributed by atoms with Crippen LogP contribution in [0, 0.1) is 5.82 Å². The summed E-state index contributed by atoms with van der Waals surface area (Å²) in [4.78, 5) is 15.4. The number of rotatable bonds is 4. The highest BCUT2D eigenvalue weighted by Crippen LogP contribution is 2.14. The maximum Gasteiger partial charge on any atom is 0.267 e. The van der Waals surface area contributed by atoms with E-state index in [0.29, 0.717) is 0 Å². The molecule has 1 aromatic heterocycles. The van der Waals surface area contributed by atoms with Crippen LogP contribution in [-0.2, 0) is 4.79 Å². The Labute approximate surface area is 102 Å². The summed E-state index contributed by atoms with van der Waals surface area (Å²) in [5, 5.41) is 8.55. The Hall–Kier alpha value is -2.44. The van der Waals surface area contributed by atoms with Gasteiger partial charge in [0.25, 0.3) is 5.91 Å². The minimum atomic E-state index is -0.781. The lowest BCUT2D eigenvalue weighted by Gasteiger charge is -2.13. The Morgan fingerprint density at radius 1 is 1.56 bits per heavy atom. The third-order valence-corrected chi connectivity index (χ3v) is 2.13. The summed E-state index contributed by atoms with van der Waals surface area (Å²) in [6, 6.07) is 5.58. The van der Waals surface area contributed by atoms with Crippen molar-refractivity contribution in [1.82, 2.24) is 15.2 Å². The molecule has 0 aliphatic heterocycles. The van der Waals surface area contributed by atoms with Crippen LogP contribution in [0.25, 0.3) is 0 Å². The van der Waals surface area contributed by atoms with Crippen molar-refractivity contribution in [2.75, 3.05) is 5.32 Å². The third-order valence-electron chi connectivity index (χ3n) is 2.13. The molecule has 7 heteroatoms. The largest absolute Gasteiger partial charge is 0.481 e. The fourth-order valence-electron chi connectivity index (χ4n) is 1.28. The second-order valence-electron chi connectivity index (χ2n) is 3.54. The van der Waals surface area contributed by atoms with Crippen molar-refractivity contribution in [2.24, 2.45) is 0 Å². The lowest BCUT2D eigenvalue weighted by Crippen LogP contribution is -2.30. The summed E-state index contributed by atoms with van der Waals surface area (Å²) in [5.74, 6) is -0.309. The van der Waals surface area contributed by atoms with Gasteiger partial charge in [-0.2, -0.15) is 10.1 Å². The number of ether oxygens (including phenoxy) is 1. The maximum absolute atomic E-state index is 12.9. The molecule has 0 radical (unpaired) electrons. The van der Waals surface area contributed by atoms with Crippen LogP contribution in [0.2, 0.25) is 0 Å². The lowest BCUT2D eigenvalue weighted by molar-refractivity contribution is -0.122. The van der Waals surface area contributed by atoms with Crippen molar-refractivity contribution in [1.29, 1.82) is 0 Å². The van der Waals surface area contributed by atoms with E-state index in [2.05, 4.69) is 20.5 Å². The minimum Gasteiger partial charge on any atom is -0.481 e. The number of benzene rings is 1. The van der Waals surface area contributed by atoms with Crippen molar-refractivity contribution in [3.05, 3.63) is 36.4 Å². The quantitative estimate of drug-likeness (QED) is 0.858. The van der Waals surface area contributed by atoms with E-state index in [0.717, 1.165) is 0 Å². The monoisotopic (exact) mass is 250 g/mol. The van der Waals surface area contributed by atoms with Gasteiger partial charge < -0.3 is 4.74 Å². The van der Waals surface area contributed by atoms with Crippen molar-refractivity contribution in [2.45, 2.75) is 13.0 Å². The van der Waals surface area contributed by atoms with E-state index >= 15 is 0 Å². The number of aromatic nitrogens is 3. The minimum absolute atomic E-state index is 0.231. The first-order valence-electron chi connectivity index (χ1n) is 5.23. The highest BCUT2D eigenvalue weighted by molar-refractivity contribution is 5.92. The number of anilines is 1. The molecule has 0 aliphatic carbocycles. The van der Waals surface area contributed by atoms with Gasteiger partial charge in [-0.1, -0.05) is 6.07 Å². The van der Waals surface area contributed by atoms with E-state index in [1.54, 1.807) is 13.0 Å². The zero-order valence-corrected chi connectivity index (χ0v) is 9.55. The number of aromatic amines is 1. The molecule has 0 fully saturated rings. The number of carbonyl (C=O) groups excluding carboxylic acids is 1. The summed E-state index contributed by atoms with van der Waals surface area (Å²) < 4.78 is 18.2. The molecule has 18 heavy (non-hydrogen) atoms. The molecule has 1 atom stereocenters. The first-order chi connectivity index (χ1) is 8.65. The standard InChI is InChI=1S/C11H11FN4O2/c1-7(10(17)15-11-13-6-14-16-11)18-9-4-2-3-8(12)5-9/h2-7H,1H3,(H2,13,14,15,16,17)/t7-/m0/s1.